The van der Waals surface area contributed by atoms with Crippen molar-refractivity contribution in [3.8, 4) is 5.75 Å². The van der Waals surface area contributed by atoms with E-state index in [-0.39, 0.29) is 5.91 Å². The normalized spacial score (nSPS) is 11.0. The van der Waals surface area contributed by atoms with Crippen LogP contribution in [0.2, 0.25) is 0 Å². The summed E-state index contributed by atoms with van der Waals surface area (Å²) in [5, 5.41) is 6.19. The van der Waals surface area contributed by atoms with Gasteiger partial charge in [-0.3, -0.25) is 4.79 Å². The Morgan fingerprint density at radius 1 is 1.29 bits per heavy atom. The van der Waals surface area contributed by atoms with Gasteiger partial charge in [0.05, 0.1) is 6.61 Å². The molecule has 24 heavy (non-hydrogen) atoms. The molecule has 1 amide bonds. The Bertz CT molecular complexity index is 570. The molecule has 1 aromatic carbocycles. The number of hydrogen-bond donors (Lipinski definition) is 2. The summed E-state index contributed by atoms with van der Waals surface area (Å²) in [7, 11) is 0. The second kappa shape index (κ2) is 9.62. The molecule has 4 nitrogen and oxygen atoms in total. The van der Waals surface area contributed by atoms with E-state index < -0.39 is 5.41 Å². The maximum atomic E-state index is 12.3. The number of ether oxygens (including phenoxy) is 1. The molecule has 1 rings (SSSR count). The average molecular weight is 351 g/mol. The number of carbonyl (C=O) groups is 1. The lowest BCUT2D eigenvalue weighted by molar-refractivity contribution is -0.128. The third kappa shape index (κ3) is 6.87. The monoisotopic (exact) mass is 350 g/mol. The molecule has 0 unspecified atom stereocenters. The van der Waals surface area contributed by atoms with Gasteiger partial charge in [-0.05, 0) is 62.5 Å². The highest BCUT2D eigenvalue weighted by atomic mass is 32.1. The van der Waals surface area contributed by atoms with Crippen molar-refractivity contribution in [3.63, 3.8) is 0 Å². The largest absolute Gasteiger partial charge is 0.493 e. The van der Waals surface area contributed by atoms with Gasteiger partial charge in [0.2, 0.25) is 5.91 Å². The number of rotatable bonds is 8. The van der Waals surface area contributed by atoms with Gasteiger partial charge in [-0.25, -0.2) is 0 Å². The molecular formula is C19H30N2O2S. The first-order valence-corrected chi connectivity index (χ1v) is 8.96. The summed E-state index contributed by atoms with van der Waals surface area (Å²) in [6, 6.07) is 6.18. The Balaban J connectivity index is 2.40. The minimum absolute atomic E-state index is 0.0529. The molecule has 0 radical (unpaired) electrons. The molecule has 0 heterocycles. The highest BCUT2D eigenvalue weighted by molar-refractivity contribution is 7.80. The Morgan fingerprint density at radius 3 is 2.67 bits per heavy atom. The van der Waals surface area contributed by atoms with Gasteiger partial charge in [-0.15, -0.1) is 0 Å². The van der Waals surface area contributed by atoms with Crippen LogP contribution in [0, 0.1) is 19.3 Å². The molecule has 5 heteroatoms. The van der Waals surface area contributed by atoms with Crippen LogP contribution in [0.3, 0.4) is 0 Å². The minimum atomic E-state index is -0.483. The number of aryl methyl sites for hydroxylation is 2. The molecule has 134 valence electrons. The molecule has 0 fully saturated rings. The molecule has 0 aromatic heterocycles. The molecule has 0 bridgehead atoms. The molecule has 0 aliphatic carbocycles. The van der Waals surface area contributed by atoms with E-state index in [4.69, 9.17) is 17.0 Å². The van der Waals surface area contributed by atoms with E-state index in [0.717, 1.165) is 37.1 Å². The van der Waals surface area contributed by atoms with Gasteiger partial charge < -0.3 is 15.4 Å². The van der Waals surface area contributed by atoms with Crippen molar-refractivity contribution in [2.45, 2.75) is 53.9 Å². The fourth-order valence-electron chi connectivity index (χ4n) is 2.23. The Labute approximate surface area is 151 Å². The summed E-state index contributed by atoms with van der Waals surface area (Å²) < 4.78 is 5.86. The van der Waals surface area contributed by atoms with Crippen LogP contribution in [0.25, 0.3) is 0 Å². The first kappa shape index (κ1) is 20.4. The van der Waals surface area contributed by atoms with Gasteiger partial charge in [-0.1, -0.05) is 32.9 Å². The first-order valence-electron chi connectivity index (χ1n) is 8.55. The lowest BCUT2D eigenvalue weighted by Gasteiger charge is -2.24. The van der Waals surface area contributed by atoms with Crippen molar-refractivity contribution in [2.75, 3.05) is 13.2 Å². The Morgan fingerprint density at radius 2 is 2.00 bits per heavy atom. The molecular weight excluding hydrogens is 320 g/mol. The standard InChI is InChI=1S/C19H30N2O2S/c1-6-11-20-18(24)21-17(22)19(4,5)10-7-12-23-16-13-14(2)8-9-15(16)3/h8-9,13H,6-7,10-12H2,1-5H3,(H2,20,21,22,24). The topological polar surface area (TPSA) is 50.4 Å². The highest BCUT2D eigenvalue weighted by Crippen LogP contribution is 2.24. The van der Waals surface area contributed by atoms with Crippen LogP contribution in [0.4, 0.5) is 0 Å². The van der Waals surface area contributed by atoms with Crippen molar-refractivity contribution in [1.29, 1.82) is 0 Å². The second-order valence-electron chi connectivity index (χ2n) is 6.81. The molecule has 0 aliphatic heterocycles. The third-order valence-corrected chi connectivity index (χ3v) is 4.17. The number of benzene rings is 1. The molecule has 0 atom stereocenters. The van der Waals surface area contributed by atoms with E-state index >= 15 is 0 Å². The fraction of sp³-hybridized carbons (Fsp3) is 0.579. The SMILES string of the molecule is CCCNC(=S)NC(=O)C(C)(C)CCCOc1cc(C)ccc1C. The molecule has 2 N–H and O–H groups in total. The van der Waals surface area contributed by atoms with Gasteiger partial charge in [0.25, 0.3) is 0 Å². The second-order valence-corrected chi connectivity index (χ2v) is 7.22. The van der Waals surface area contributed by atoms with E-state index in [1.165, 1.54) is 5.56 Å². The summed E-state index contributed by atoms with van der Waals surface area (Å²) >= 11 is 5.12. The van der Waals surface area contributed by atoms with Crippen LogP contribution < -0.4 is 15.4 Å². The maximum Gasteiger partial charge on any atom is 0.231 e. The quantitative estimate of drug-likeness (QED) is 0.552. The predicted octanol–water partition coefficient (Wildman–Crippen LogP) is 3.89. The van der Waals surface area contributed by atoms with Crippen molar-refractivity contribution < 1.29 is 9.53 Å². The van der Waals surface area contributed by atoms with E-state index in [1.54, 1.807) is 0 Å². The van der Waals surface area contributed by atoms with Gasteiger partial charge in [0.1, 0.15) is 5.75 Å². The smallest absolute Gasteiger partial charge is 0.231 e. The highest BCUT2D eigenvalue weighted by Gasteiger charge is 2.27. The number of carbonyl (C=O) groups excluding carboxylic acids is 1. The maximum absolute atomic E-state index is 12.3. The van der Waals surface area contributed by atoms with E-state index in [9.17, 15) is 4.79 Å². The van der Waals surface area contributed by atoms with E-state index in [0.29, 0.717) is 11.7 Å². The molecule has 0 aliphatic rings. The minimum Gasteiger partial charge on any atom is -0.493 e. The van der Waals surface area contributed by atoms with Crippen molar-refractivity contribution in [2.24, 2.45) is 5.41 Å². The number of nitrogens with one attached hydrogen (secondary N) is 2. The van der Waals surface area contributed by atoms with Crippen LogP contribution in [0.5, 0.6) is 5.75 Å². The summed E-state index contributed by atoms with van der Waals surface area (Å²) in [5.74, 6) is 0.866. The zero-order valence-corrected chi connectivity index (χ0v) is 16.3. The number of amides is 1. The molecule has 1 aromatic rings. The Kier molecular flexibility index (Phi) is 8.19. The summed E-state index contributed by atoms with van der Waals surface area (Å²) in [6.07, 6.45) is 2.51. The Hall–Kier alpha value is -1.62. The first-order chi connectivity index (χ1) is 11.3. The van der Waals surface area contributed by atoms with Gasteiger partial charge >= 0.3 is 0 Å². The van der Waals surface area contributed by atoms with Crippen LogP contribution in [-0.2, 0) is 4.79 Å². The fourth-order valence-corrected chi connectivity index (χ4v) is 2.42. The summed E-state index contributed by atoms with van der Waals surface area (Å²) in [6.45, 7) is 11.4. The molecule has 0 saturated carbocycles. The van der Waals surface area contributed by atoms with Crippen molar-refractivity contribution >= 4 is 23.2 Å². The van der Waals surface area contributed by atoms with Crippen molar-refractivity contribution in [3.05, 3.63) is 29.3 Å². The summed E-state index contributed by atoms with van der Waals surface area (Å²) in [5.41, 5.74) is 1.83. The zero-order valence-electron chi connectivity index (χ0n) is 15.5. The van der Waals surface area contributed by atoms with Crippen LogP contribution in [0.1, 0.15) is 51.2 Å². The lowest BCUT2D eigenvalue weighted by atomic mass is 9.87. The zero-order chi connectivity index (χ0) is 18.2. The van der Waals surface area contributed by atoms with E-state index in [2.05, 4.69) is 36.6 Å². The molecule has 0 saturated heterocycles. The lowest BCUT2D eigenvalue weighted by Crippen LogP contribution is -2.45. The van der Waals surface area contributed by atoms with Gasteiger partial charge in [-0.2, -0.15) is 0 Å². The van der Waals surface area contributed by atoms with Gasteiger partial charge in [0.15, 0.2) is 5.11 Å². The predicted molar refractivity (Wildman–Crippen MR) is 103 cm³/mol. The third-order valence-electron chi connectivity index (χ3n) is 3.92. The van der Waals surface area contributed by atoms with Crippen LogP contribution >= 0.6 is 12.2 Å². The van der Waals surface area contributed by atoms with Crippen molar-refractivity contribution in [1.82, 2.24) is 10.6 Å². The molecule has 0 spiro atoms. The number of thiocarbonyl (C=S) groups is 1. The van der Waals surface area contributed by atoms with Crippen LogP contribution in [-0.4, -0.2) is 24.2 Å². The van der Waals surface area contributed by atoms with Gasteiger partial charge in [0, 0.05) is 12.0 Å². The number of hydrogen-bond acceptors (Lipinski definition) is 3. The van der Waals surface area contributed by atoms with Crippen LogP contribution in [0.15, 0.2) is 18.2 Å². The van der Waals surface area contributed by atoms with E-state index in [1.807, 2.05) is 26.8 Å². The average Bonchev–Trinajstić information content (AvgIpc) is 2.52. The summed E-state index contributed by atoms with van der Waals surface area (Å²) in [4.78, 5) is 12.3.